The zero-order chi connectivity index (χ0) is 29.1. The first kappa shape index (κ1) is 33.8. The predicted molar refractivity (Wildman–Crippen MR) is 159 cm³/mol. The van der Waals surface area contributed by atoms with Crippen molar-refractivity contribution < 1.29 is 19.1 Å². The van der Waals surface area contributed by atoms with Crippen molar-refractivity contribution in [3.63, 3.8) is 0 Å². The number of rotatable bonds is 13. The molecule has 1 rings (SSSR count). The first-order valence-corrected chi connectivity index (χ1v) is 14.5. The lowest BCUT2D eigenvalue weighted by Crippen LogP contribution is -2.55. The molecule has 2 N–H and O–H groups in total. The minimum Gasteiger partial charge on any atom is -0.444 e. The Balaban J connectivity index is 3.45. The van der Waals surface area contributed by atoms with E-state index in [1.165, 1.54) is 6.42 Å². The lowest BCUT2D eigenvalue weighted by Gasteiger charge is -2.36. The summed E-state index contributed by atoms with van der Waals surface area (Å²) in [5.41, 5.74) is 1.59. The van der Waals surface area contributed by atoms with Gasteiger partial charge in [0.25, 0.3) is 0 Å². The smallest absolute Gasteiger partial charge is 0.408 e. The van der Waals surface area contributed by atoms with Gasteiger partial charge < -0.3 is 20.3 Å². The van der Waals surface area contributed by atoms with E-state index in [9.17, 15) is 14.4 Å². The normalized spacial score (nSPS) is 13.4. The number of carbonyl (C=O) groups is 3. The lowest BCUT2D eigenvalue weighted by atomic mass is 9.94. The van der Waals surface area contributed by atoms with Crippen LogP contribution in [0, 0.1) is 13.8 Å². The second-order valence-electron chi connectivity index (χ2n) is 12.1. The van der Waals surface area contributed by atoms with Crippen LogP contribution in [0.4, 0.5) is 4.79 Å². The van der Waals surface area contributed by atoms with E-state index in [-0.39, 0.29) is 17.6 Å². The molecule has 38 heavy (non-hydrogen) atoms. The highest BCUT2D eigenvalue weighted by Gasteiger charge is 2.37. The molecule has 0 saturated carbocycles. The van der Waals surface area contributed by atoms with Crippen LogP contribution in [0.2, 0.25) is 0 Å². The van der Waals surface area contributed by atoms with E-state index in [2.05, 4.69) is 30.2 Å². The molecule has 216 valence electrons. The van der Waals surface area contributed by atoms with E-state index in [4.69, 9.17) is 4.74 Å². The number of unbranched alkanes of at least 4 members (excludes halogenated alkanes) is 5. The molecule has 0 saturated heterocycles. The summed E-state index contributed by atoms with van der Waals surface area (Å²) in [6, 6.07) is 4.03. The molecular formula is C30H51N3O4S. The van der Waals surface area contributed by atoms with Crippen LogP contribution in [0.15, 0.2) is 18.2 Å². The minimum atomic E-state index is -0.941. The summed E-state index contributed by atoms with van der Waals surface area (Å²) in [6.45, 7) is 17.6. The highest BCUT2D eigenvalue weighted by atomic mass is 32.1. The molecule has 0 aliphatic heterocycles. The molecule has 0 heterocycles. The van der Waals surface area contributed by atoms with Crippen LogP contribution in [0.3, 0.4) is 0 Å². The fourth-order valence-corrected chi connectivity index (χ4v) is 4.47. The molecule has 0 fully saturated rings. The summed E-state index contributed by atoms with van der Waals surface area (Å²) in [4.78, 5) is 42.1. The molecule has 3 amide bonds. The number of benzene rings is 1. The maximum Gasteiger partial charge on any atom is 0.408 e. The number of hydrogen-bond acceptors (Lipinski definition) is 5. The van der Waals surface area contributed by atoms with Crippen molar-refractivity contribution in [2.45, 2.75) is 124 Å². The van der Waals surface area contributed by atoms with Crippen LogP contribution in [0.1, 0.15) is 110 Å². The van der Waals surface area contributed by atoms with E-state index < -0.39 is 29.3 Å². The summed E-state index contributed by atoms with van der Waals surface area (Å²) < 4.78 is 5.40. The van der Waals surface area contributed by atoms with E-state index in [0.717, 1.165) is 48.8 Å². The highest BCUT2D eigenvalue weighted by Crippen LogP contribution is 2.28. The molecule has 0 aromatic heterocycles. The van der Waals surface area contributed by atoms with Gasteiger partial charge in [-0.25, -0.2) is 4.79 Å². The molecule has 0 aliphatic carbocycles. The van der Waals surface area contributed by atoms with E-state index in [1.807, 2.05) is 52.8 Å². The monoisotopic (exact) mass is 549 g/mol. The standard InChI is InChI=1S/C30H51N3O4S/c1-10-11-12-13-14-15-19-33(27(35)24(20-38)31-28(36)37-30(7,8)9)25(26(34)32-29(4,5)6)23-18-16-17-21(2)22(23)3/h16-18,24-25,38H,10-15,19-20H2,1-9H3,(H,31,36)(H,32,34). The summed E-state index contributed by atoms with van der Waals surface area (Å²) in [7, 11) is 0. The van der Waals surface area contributed by atoms with E-state index in [0.29, 0.717) is 6.54 Å². The van der Waals surface area contributed by atoms with Crippen LogP contribution in [-0.2, 0) is 14.3 Å². The number of alkyl carbamates (subject to hydrolysis) is 1. The van der Waals surface area contributed by atoms with Crippen LogP contribution in [-0.4, -0.2) is 52.3 Å². The molecule has 2 atom stereocenters. The Morgan fingerprint density at radius 3 is 2.13 bits per heavy atom. The molecule has 2 unspecified atom stereocenters. The van der Waals surface area contributed by atoms with Gasteiger partial charge in [-0.15, -0.1) is 0 Å². The number of aryl methyl sites for hydroxylation is 1. The topological polar surface area (TPSA) is 87.7 Å². The van der Waals surface area contributed by atoms with Crippen LogP contribution in [0.5, 0.6) is 0 Å². The summed E-state index contributed by atoms with van der Waals surface area (Å²) in [5.74, 6) is -0.527. The molecule has 0 aliphatic rings. The van der Waals surface area contributed by atoms with Crippen LogP contribution >= 0.6 is 12.6 Å². The van der Waals surface area contributed by atoms with Crippen molar-refractivity contribution in [3.8, 4) is 0 Å². The van der Waals surface area contributed by atoms with Crippen molar-refractivity contribution >= 4 is 30.5 Å². The SMILES string of the molecule is CCCCCCCCN(C(=O)C(CS)NC(=O)OC(C)(C)C)C(C(=O)NC(C)(C)C)c1cccc(C)c1C. The summed E-state index contributed by atoms with van der Waals surface area (Å²) >= 11 is 4.38. The number of nitrogens with zero attached hydrogens (tertiary/aromatic N) is 1. The van der Waals surface area contributed by atoms with Gasteiger partial charge in [0.15, 0.2) is 0 Å². The van der Waals surface area contributed by atoms with Gasteiger partial charge in [0.05, 0.1) is 0 Å². The Kier molecular flexibility index (Phi) is 13.7. The third kappa shape index (κ3) is 11.7. The molecule has 7 nitrogen and oxygen atoms in total. The Morgan fingerprint density at radius 1 is 0.974 bits per heavy atom. The van der Waals surface area contributed by atoms with Crippen LogP contribution in [0.25, 0.3) is 0 Å². The van der Waals surface area contributed by atoms with E-state index >= 15 is 0 Å². The Labute approximate surface area is 236 Å². The molecule has 1 aromatic carbocycles. The fraction of sp³-hybridized carbons (Fsp3) is 0.700. The maximum absolute atomic E-state index is 14.0. The second kappa shape index (κ2) is 15.4. The average Bonchev–Trinajstić information content (AvgIpc) is 2.78. The van der Waals surface area contributed by atoms with Gasteiger partial charge in [0.1, 0.15) is 17.7 Å². The number of hydrogen-bond donors (Lipinski definition) is 3. The predicted octanol–water partition coefficient (Wildman–Crippen LogP) is 6.27. The summed E-state index contributed by atoms with van der Waals surface area (Å²) in [5, 5.41) is 5.76. The first-order chi connectivity index (χ1) is 17.6. The average molecular weight is 550 g/mol. The fourth-order valence-electron chi connectivity index (χ4n) is 4.22. The van der Waals surface area contributed by atoms with Gasteiger partial charge in [-0.05, 0) is 78.5 Å². The van der Waals surface area contributed by atoms with Gasteiger partial charge >= 0.3 is 6.09 Å². The maximum atomic E-state index is 14.0. The minimum absolute atomic E-state index is 0.0749. The molecule has 8 heteroatoms. The van der Waals surface area contributed by atoms with Gasteiger partial charge in [-0.3, -0.25) is 9.59 Å². The molecule has 1 aromatic rings. The van der Waals surface area contributed by atoms with Crippen molar-refractivity contribution in [3.05, 3.63) is 34.9 Å². The third-order valence-electron chi connectivity index (χ3n) is 6.21. The zero-order valence-electron chi connectivity index (χ0n) is 25.1. The van der Waals surface area contributed by atoms with Crippen LogP contribution < -0.4 is 10.6 Å². The second-order valence-corrected chi connectivity index (χ2v) is 12.5. The molecule has 0 bridgehead atoms. The van der Waals surface area contributed by atoms with Gasteiger partial charge in [-0.1, -0.05) is 57.2 Å². The largest absolute Gasteiger partial charge is 0.444 e. The Morgan fingerprint density at radius 2 is 1.58 bits per heavy atom. The Hall–Kier alpha value is -2.22. The number of ether oxygens (including phenoxy) is 1. The number of carbonyl (C=O) groups excluding carboxylic acids is 3. The summed E-state index contributed by atoms with van der Waals surface area (Å²) in [6.07, 6.45) is 5.59. The van der Waals surface area contributed by atoms with Gasteiger partial charge in [0, 0.05) is 17.8 Å². The third-order valence-corrected chi connectivity index (χ3v) is 6.57. The van der Waals surface area contributed by atoms with Crippen molar-refractivity contribution in [1.82, 2.24) is 15.5 Å². The van der Waals surface area contributed by atoms with Crippen molar-refractivity contribution in [1.29, 1.82) is 0 Å². The molecule has 0 spiro atoms. The zero-order valence-corrected chi connectivity index (χ0v) is 26.0. The number of amides is 3. The van der Waals surface area contributed by atoms with Crippen molar-refractivity contribution in [2.24, 2.45) is 0 Å². The molecular weight excluding hydrogens is 498 g/mol. The lowest BCUT2D eigenvalue weighted by molar-refractivity contribution is -0.142. The number of thiol groups is 1. The highest BCUT2D eigenvalue weighted by molar-refractivity contribution is 7.80. The van der Waals surface area contributed by atoms with Gasteiger partial charge in [-0.2, -0.15) is 12.6 Å². The van der Waals surface area contributed by atoms with Gasteiger partial charge in [0.2, 0.25) is 11.8 Å². The first-order valence-electron chi connectivity index (χ1n) is 13.9. The number of nitrogens with one attached hydrogen (secondary N) is 2. The van der Waals surface area contributed by atoms with Crippen molar-refractivity contribution in [2.75, 3.05) is 12.3 Å². The Bertz CT molecular complexity index is 921. The van der Waals surface area contributed by atoms with E-state index in [1.54, 1.807) is 25.7 Å². The quantitative estimate of drug-likeness (QED) is 0.200. The molecule has 0 radical (unpaired) electrons.